The summed E-state index contributed by atoms with van der Waals surface area (Å²) in [4.78, 5) is 21.7. The average molecular weight is 277 g/mol. The number of nitro groups is 1. The standard InChI is InChI=1S/C12H11N3O3S/c1-8-5-12(14(2)13-8)19-11-4-3-9(7-16)6-10(11)15(17)18/h3-7H,1-2H3. The maximum atomic E-state index is 11.0. The van der Waals surface area contributed by atoms with Gasteiger partial charge in [0.2, 0.25) is 0 Å². The maximum absolute atomic E-state index is 11.0. The van der Waals surface area contributed by atoms with Gasteiger partial charge in [0.15, 0.2) is 0 Å². The van der Waals surface area contributed by atoms with E-state index >= 15 is 0 Å². The smallest absolute Gasteiger partial charge is 0.284 e. The van der Waals surface area contributed by atoms with Crippen LogP contribution in [0.15, 0.2) is 34.2 Å². The lowest BCUT2D eigenvalue weighted by atomic mass is 10.2. The van der Waals surface area contributed by atoms with Crippen LogP contribution in [0.1, 0.15) is 16.1 Å². The number of nitro benzene ring substituents is 1. The van der Waals surface area contributed by atoms with Gasteiger partial charge in [0.25, 0.3) is 5.69 Å². The number of hydrogen-bond donors (Lipinski definition) is 0. The van der Waals surface area contributed by atoms with Gasteiger partial charge >= 0.3 is 0 Å². The third-order valence-electron chi connectivity index (χ3n) is 2.49. The Balaban J connectivity index is 2.42. The van der Waals surface area contributed by atoms with E-state index in [1.807, 2.05) is 13.0 Å². The minimum atomic E-state index is -0.488. The largest absolute Gasteiger partial charge is 0.298 e. The van der Waals surface area contributed by atoms with Crippen LogP contribution in [0.3, 0.4) is 0 Å². The molecular formula is C12H11N3O3S. The second kappa shape index (κ2) is 5.23. The molecule has 0 fully saturated rings. The van der Waals surface area contributed by atoms with Gasteiger partial charge in [-0.2, -0.15) is 5.10 Å². The first kappa shape index (κ1) is 13.3. The normalized spacial score (nSPS) is 10.4. The number of carbonyl (C=O) groups is 1. The Kier molecular flexibility index (Phi) is 3.66. The van der Waals surface area contributed by atoms with Gasteiger partial charge < -0.3 is 0 Å². The predicted molar refractivity (Wildman–Crippen MR) is 70.6 cm³/mol. The van der Waals surface area contributed by atoms with Crippen LogP contribution in [0.4, 0.5) is 5.69 Å². The molecule has 0 atom stereocenters. The fraction of sp³-hybridized carbons (Fsp3) is 0.167. The van der Waals surface area contributed by atoms with Gasteiger partial charge in [-0.3, -0.25) is 19.6 Å². The number of carbonyl (C=O) groups excluding carboxylic acids is 1. The third kappa shape index (κ3) is 2.82. The Labute approximate surface area is 113 Å². The molecule has 0 aliphatic rings. The van der Waals surface area contributed by atoms with Crippen molar-refractivity contribution in [3.05, 3.63) is 45.6 Å². The SMILES string of the molecule is Cc1cc(Sc2ccc(C=O)cc2[N+](=O)[O-])n(C)n1. The summed E-state index contributed by atoms with van der Waals surface area (Å²) >= 11 is 1.25. The van der Waals surface area contributed by atoms with E-state index in [-0.39, 0.29) is 11.3 Å². The highest BCUT2D eigenvalue weighted by molar-refractivity contribution is 7.99. The van der Waals surface area contributed by atoms with E-state index < -0.39 is 4.92 Å². The lowest BCUT2D eigenvalue weighted by Crippen LogP contribution is -1.95. The number of benzene rings is 1. The highest BCUT2D eigenvalue weighted by atomic mass is 32.2. The molecule has 19 heavy (non-hydrogen) atoms. The van der Waals surface area contributed by atoms with Crippen molar-refractivity contribution in [2.75, 3.05) is 0 Å². The van der Waals surface area contributed by atoms with Crippen LogP contribution < -0.4 is 0 Å². The Bertz CT molecular complexity index is 652. The van der Waals surface area contributed by atoms with Crippen molar-refractivity contribution in [3.63, 3.8) is 0 Å². The van der Waals surface area contributed by atoms with Crippen LogP contribution in [0, 0.1) is 17.0 Å². The first-order valence-corrected chi connectivity index (χ1v) is 6.25. The number of aldehydes is 1. The molecule has 7 heteroatoms. The van der Waals surface area contributed by atoms with Crippen LogP contribution in [0.2, 0.25) is 0 Å². The zero-order valence-corrected chi connectivity index (χ0v) is 11.2. The first-order chi connectivity index (χ1) is 9.01. The molecule has 0 radical (unpaired) electrons. The monoisotopic (exact) mass is 277 g/mol. The van der Waals surface area contributed by atoms with Gasteiger partial charge in [0.05, 0.1) is 20.5 Å². The molecule has 1 aromatic carbocycles. The second-order valence-corrected chi connectivity index (χ2v) is 5.01. The number of hydrogen-bond acceptors (Lipinski definition) is 5. The summed E-state index contributed by atoms with van der Waals surface area (Å²) < 4.78 is 1.66. The molecular weight excluding hydrogens is 266 g/mol. The van der Waals surface area contributed by atoms with Crippen LogP contribution in [0.5, 0.6) is 0 Å². The first-order valence-electron chi connectivity index (χ1n) is 5.43. The van der Waals surface area contributed by atoms with Crippen LogP contribution in [0.25, 0.3) is 0 Å². The lowest BCUT2D eigenvalue weighted by molar-refractivity contribution is -0.387. The zero-order valence-electron chi connectivity index (χ0n) is 10.4. The Morgan fingerprint density at radius 3 is 2.68 bits per heavy atom. The molecule has 0 spiro atoms. The summed E-state index contributed by atoms with van der Waals surface area (Å²) in [5.74, 6) is 0. The Hall–Kier alpha value is -2.15. The molecule has 0 saturated carbocycles. The summed E-state index contributed by atoms with van der Waals surface area (Å²) in [7, 11) is 1.78. The lowest BCUT2D eigenvalue weighted by Gasteiger charge is -2.03. The molecule has 2 aromatic rings. The molecule has 0 N–H and O–H groups in total. The Morgan fingerprint density at radius 1 is 1.42 bits per heavy atom. The van der Waals surface area contributed by atoms with E-state index in [1.165, 1.54) is 17.8 Å². The van der Waals surface area contributed by atoms with Crippen molar-refractivity contribution in [2.45, 2.75) is 16.8 Å². The summed E-state index contributed by atoms with van der Waals surface area (Å²) in [5, 5.41) is 16.0. The van der Waals surface area contributed by atoms with Crippen molar-refractivity contribution >= 4 is 23.7 Å². The van der Waals surface area contributed by atoms with Gasteiger partial charge in [-0.05, 0) is 19.1 Å². The Morgan fingerprint density at radius 2 is 2.16 bits per heavy atom. The fourth-order valence-electron chi connectivity index (χ4n) is 1.63. The van der Waals surface area contributed by atoms with Crippen molar-refractivity contribution in [1.29, 1.82) is 0 Å². The number of aryl methyl sites for hydroxylation is 2. The van der Waals surface area contributed by atoms with Gasteiger partial charge in [-0.1, -0.05) is 17.8 Å². The molecule has 0 unspecified atom stereocenters. The molecule has 1 aromatic heterocycles. The fourth-order valence-corrected chi connectivity index (χ4v) is 2.63. The molecule has 6 nitrogen and oxygen atoms in total. The third-order valence-corrected chi connectivity index (χ3v) is 3.65. The molecule has 0 saturated heterocycles. The molecule has 0 aliphatic carbocycles. The van der Waals surface area contributed by atoms with Crippen LogP contribution in [-0.2, 0) is 7.05 Å². The summed E-state index contributed by atoms with van der Waals surface area (Å²) in [6.45, 7) is 1.86. The van der Waals surface area contributed by atoms with E-state index in [1.54, 1.807) is 23.9 Å². The highest BCUT2D eigenvalue weighted by Gasteiger charge is 2.17. The van der Waals surface area contributed by atoms with Crippen molar-refractivity contribution in [1.82, 2.24) is 9.78 Å². The summed E-state index contributed by atoms with van der Waals surface area (Å²) in [6, 6.07) is 6.26. The summed E-state index contributed by atoms with van der Waals surface area (Å²) in [5.41, 5.74) is 1.06. The van der Waals surface area contributed by atoms with Crippen molar-refractivity contribution in [3.8, 4) is 0 Å². The van der Waals surface area contributed by atoms with Crippen LogP contribution >= 0.6 is 11.8 Å². The van der Waals surface area contributed by atoms with E-state index in [2.05, 4.69) is 5.10 Å². The van der Waals surface area contributed by atoms with E-state index in [0.29, 0.717) is 11.2 Å². The molecule has 0 aliphatic heterocycles. The average Bonchev–Trinajstić information content (AvgIpc) is 2.68. The maximum Gasteiger partial charge on any atom is 0.284 e. The minimum absolute atomic E-state index is 0.0755. The van der Waals surface area contributed by atoms with Crippen molar-refractivity contribution < 1.29 is 9.72 Å². The molecule has 0 bridgehead atoms. The molecule has 98 valence electrons. The zero-order chi connectivity index (χ0) is 14.0. The van der Waals surface area contributed by atoms with E-state index in [4.69, 9.17) is 0 Å². The van der Waals surface area contributed by atoms with Crippen molar-refractivity contribution in [2.24, 2.45) is 7.05 Å². The number of aromatic nitrogens is 2. The van der Waals surface area contributed by atoms with E-state index in [0.717, 1.165) is 10.7 Å². The highest BCUT2D eigenvalue weighted by Crippen LogP contribution is 2.35. The predicted octanol–water partition coefficient (Wildman–Crippen LogP) is 2.60. The molecule has 1 heterocycles. The van der Waals surface area contributed by atoms with Gasteiger partial charge in [-0.25, -0.2) is 0 Å². The molecule has 0 amide bonds. The number of rotatable bonds is 4. The van der Waals surface area contributed by atoms with E-state index in [9.17, 15) is 14.9 Å². The molecule has 2 rings (SSSR count). The summed E-state index contributed by atoms with van der Waals surface area (Å²) in [6.07, 6.45) is 0.593. The van der Waals surface area contributed by atoms with Gasteiger partial charge in [-0.15, -0.1) is 0 Å². The van der Waals surface area contributed by atoms with Gasteiger partial charge in [0.1, 0.15) is 6.29 Å². The minimum Gasteiger partial charge on any atom is -0.298 e. The quantitative estimate of drug-likeness (QED) is 0.487. The number of nitrogens with zero attached hydrogens (tertiary/aromatic N) is 3. The van der Waals surface area contributed by atoms with Crippen LogP contribution in [-0.4, -0.2) is 21.0 Å². The van der Waals surface area contributed by atoms with Gasteiger partial charge in [0, 0.05) is 18.7 Å². The topological polar surface area (TPSA) is 78.0 Å². The second-order valence-electron chi connectivity index (χ2n) is 3.95.